The number of anilines is 1. The third kappa shape index (κ3) is 6.22. The minimum Gasteiger partial charge on any atom is -0.454 e. The van der Waals surface area contributed by atoms with Crippen LogP contribution in [0.4, 0.5) is 19.3 Å². The van der Waals surface area contributed by atoms with Gasteiger partial charge in [0, 0.05) is 24.3 Å². The number of alkyl halides is 2. The third-order valence-electron chi connectivity index (χ3n) is 6.98. The fraction of sp³-hybridized carbons (Fsp3) is 0.300. The van der Waals surface area contributed by atoms with Gasteiger partial charge in [0.25, 0.3) is 5.91 Å². The first-order valence-corrected chi connectivity index (χ1v) is 13.1. The van der Waals surface area contributed by atoms with E-state index in [2.05, 4.69) is 0 Å². The first-order chi connectivity index (χ1) is 19.4. The summed E-state index contributed by atoms with van der Waals surface area (Å²) in [6, 6.07) is 20.0. The van der Waals surface area contributed by atoms with E-state index in [1.807, 2.05) is 52.7 Å². The molecule has 1 N–H and O–H groups in total. The fourth-order valence-corrected chi connectivity index (χ4v) is 4.76. The van der Waals surface area contributed by atoms with Crippen molar-refractivity contribution in [3.05, 3.63) is 77.9 Å². The molecule has 40 heavy (non-hydrogen) atoms. The number of ketones is 1. The molecule has 0 bridgehead atoms. The van der Waals surface area contributed by atoms with E-state index in [1.165, 1.54) is 0 Å². The van der Waals surface area contributed by atoms with Gasteiger partial charge in [0.2, 0.25) is 6.79 Å². The van der Waals surface area contributed by atoms with Crippen LogP contribution >= 0.6 is 0 Å². The number of likely N-dealkylation sites (tertiary alicyclic amines) is 1. The molecule has 5 rings (SSSR count). The molecular weight excluding hydrogens is 520 g/mol. The molecule has 3 aromatic rings. The van der Waals surface area contributed by atoms with Crippen LogP contribution in [0.5, 0.6) is 11.5 Å². The van der Waals surface area contributed by atoms with Gasteiger partial charge in [-0.2, -0.15) is 8.78 Å². The van der Waals surface area contributed by atoms with Crippen molar-refractivity contribution in [1.29, 1.82) is 0 Å². The van der Waals surface area contributed by atoms with Gasteiger partial charge in [0.1, 0.15) is 0 Å². The van der Waals surface area contributed by atoms with Crippen LogP contribution in [0.1, 0.15) is 35.2 Å². The summed E-state index contributed by atoms with van der Waals surface area (Å²) in [4.78, 5) is 40.6. The highest BCUT2D eigenvalue weighted by molar-refractivity contribution is 5.99. The van der Waals surface area contributed by atoms with Crippen molar-refractivity contribution in [2.45, 2.75) is 32.2 Å². The number of Topliss-reactive ketones (excluding diaryl/α,β-unsaturated/α-hetero) is 1. The van der Waals surface area contributed by atoms with Crippen LogP contribution in [0.25, 0.3) is 11.1 Å². The number of benzene rings is 3. The molecule has 2 aliphatic rings. The highest BCUT2D eigenvalue weighted by atomic mass is 19.3. The zero-order valence-electron chi connectivity index (χ0n) is 21.8. The molecule has 0 saturated carbocycles. The highest BCUT2D eigenvalue weighted by Gasteiger charge is 2.25. The average Bonchev–Trinajstić information content (AvgIpc) is 3.47. The van der Waals surface area contributed by atoms with E-state index < -0.39 is 24.7 Å². The number of nitrogens with one attached hydrogen (secondary N) is 1. The van der Waals surface area contributed by atoms with Gasteiger partial charge in [0.05, 0.1) is 13.1 Å². The second-order valence-corrected chi connectivity index (χ2v) is 9.67. The van der Waals surface area contributed by atoms with Gasteiger partial charge in [-0.1, -0.05) is 42.5 Å². The van der Waals surface area contributed by atoms with E-state index in [0.29, 0.717) is 24.6 Å². The average molecular weight is 550 g/mol. The summed E-state index contributed by atoms with van der Waals surface area (Å²) in [5, 5.41) is 1.92. The maximum absolute atomic E-state index is 13.6. The van der Waals surface area contributed by atoms with Gasteiger partial charge in [0.15, 0.2) is 17.3 Å². The van der Waals surface area contributed by atoms with E-state index in [4.69, 9.17) is 9.47 Å². The molecule has 0 aliphatic carbocycles. The number of hydrogen-bond acceptors (Lipinski definition) is 5. The minimum atomic E-state index is -3.18. The second kappa shape index (κ2) is 12.1. The van der Waals surface area contributed by atoms with Gasteiger partial charge >= 0.3 is 12.5 Å². The van der Waals surface area contributed by atoms with Gasteiger partial charge in [-0.25, -0.2) is 4.79 Å². The van der Waals surface area contributed by atoms with Crippen molar-refractivity contribution >= 4 is 23.4 Å². The molecular formula is C30H29F2N3O5. The lowest BCUT2D eigenvalue weighted by Crippen LogP contribution is -2.45. The molecule has 1 saturated heterocycles. The number of carbonyl (C=O) groups excluding carboxylic acids is 3. The van der Waals surface area contributed by atoms with E-state index in [9.17, 15) is 23.2 Å². The molecule has 208 valence electrons. The number of rotatable bonds is 8. The lowest BCUT2D eigenvalue weighted by molar-refractivity contribution is -0.131. The van der Waals surface area contributed by atoms with E-state index >= 15 is 0 Å². The lowest BCUT2D eigenvalue weighted by atomic mass is 10.0. The Balaban J connectivity index is 1.33. The molecule has 1 fully saturated rings. The number of halogens is 2. The fourth-order valence-electron chi connectivity index (χ4n) is 4.76. The number of nitrogens with zero attached hydrogens (tertiary/aromatic N) is 2. The van der Waals surface area contributed by atoms with Crippen LogP contribution in [0.3, 0.4) is 0 Å². The Bertz CT molecular complexity index is 1370. The molecule has 8 nitrogen and oxygen atoms in total. The van der Waals surface area contributed by atoms with Crippen LogP contribution in [-0.2, 0) is 11.3 Å². The molecule has 10 heteroatoms. The largest absolute Gasteiger partial charge is 0.454 e. The Kier molecular flexibility index (Phi) is 8.23. The van der Waals surface area contributed by atoms with Gasteiger partial charge in [-0.05, 0) is 60.2 Å². The molecule has 0 atom stereocenters. The van der Waals surface area contributed by atoms with Crippen LogP contribution in [0, 0.1) is 0 Å². The van der Waals surface area contributed by atoms with E-state index in [-0.39, 0.29) is 24.9 Å². The molecule has 2 heterocycles. The summed E-state index contributed by atoms with van der Waals surface area (Å²) in [7, 11) is 0. The van der Waals surface area contributed by atoms with Crippen molar-refractivity contribution in [1.82, 2.24) is 10.2 Å². The van der Waals surface area contributed by atoms with E-state index in [1.54, 1.807) is 29.2 Å². The van der Waals surface area contributed by atoms with E-state index in [0.717, 1.165) is 41.6 Å². The predicted octanol–water partition coefficient (Wildman–Crippen LogP) is 5.26. The number of piperidine rings is 1. The SMILES string of the molecule is O=C(CNC(=O)C(F)F)c1ccc(CN(C(=O)N2CCCCC2)c2ccc(-c3ccc4c(c3)OCO4)cc2)cc1. The highest BCUT2D eigenvalue weighted by Crippen LogP contribution is 2.36. The third-order valence-corrected chi connectivity index (χ3v) is 6.98. The van der Waals surface area contributed by atoms with Crippen LogP contribution in [0.2, 0.25) is 0 Å². The summed E-state index contributed by atoms with van der Waals surface area (Å²) >= 11 is 0. The number of urea groups is 1. The molecule has 0 unspecified atom stereocenters. The van der Waals surface area contributed by atoms with Crippen molar-refractivity contribution < 1.29 is 32.6 Å². The molecule has 3 aromatic carbocycles. The van der Waals surface area contributed by atoms with Crippen molar-refractivity contribution in [3.8, 4) is 22.6 Å². The zero-order valence-corrected chi connectivity index (χ0v) is 21.8. The van der Waals surface area contributed by atoms with Crippen LogP contribution in [-0.4, -0.2) is 55.5 Å². The number of carbonyl (C=O) groups is 3. The van der Waals surface area contributed by atoms with Gasteiger partial charge < -0.3 is 19.7 Å². The summed E-state index contributed by atoms with van der Waals surface area (Å²) < 4.78 is 35.7. The maximum atomic E-state index is 13.6. The number of amides is 3. The Labute approximate surface area is 230 Å². The van der Waals surface area contributed by atoms with Gasteiger partial charge in [-0.3, -0.25) is 14.5 Å². The Morgan fingerprint density at radius 3 is 2.23 bits per heavy atom. The van der Waals surface area contributed by atoms with Crippen molar-refractivity contribution in [2.75, 3.05) is 31.3 Å². The predicted molar refractivity (Wildman–Crippen MR) is 145 cm³/mol. The van der Waals surface area contributed by atoms with Crippen molar-refractivity contribution in [3.63, 3.8) is 0 Å². The molecule has 0 spiro atoms. The van der Waals surface area contributed by atoms with Crippen molar-refractivity contribution in [2.24, 2.45) is 0 Å². The number of ether oxygens (including phenoxy) is 2. The molecule has 2 aliphatic heterocycles. The first kappa shape index (κ1) is 27.1. The molecule has 0 aromatic heterocycles. The normalized spacial score (nSPS) is 14.2. The lowest BCUT2D eigenvalue weighted by Gasteiger charge is -2.33. The Morgan fingerprint density at radius 1 is 0.850 bits per heavy atom. The quantitative estimate of drug-likeness (QED) is 0.388. The number of hydrogen-bond donors (Lipinski definition) is 1. The number of fused-ring (bicyclic) bond motifs is 1. The summed E-state index contributed by atoms with van der Waals surface area (Å²) in [5.41, 5.74) is 3.73. The standard InChI is InChI=1S/C30H29F2N3O5/c31-28(32)29(37)33-17-25(36)22-6-4-20(5-7-22)18-35(30(38)34-14-2-1-3-15-34)24-11-8-21(9-12-24)23-10-13-26-27(16-23)40-19-39-26/h4-13,16,28H,1-3,14-15,17-19H2,(H,33,37). The van der Waals surface area contributed by atoms with Crippen LogP contribution in [0.15, 0.2) is 66.7 Å². The second-order valence-electron chi connectivity index (χ2n) is 9.67. The topological polar surface area (TPSA) is 88.2 Å². The zero-order chi connectivity index (χ0) is 28.1. The smallest absolute Gasteiger partial charge is 0.324 e. The summed E-state index contributed by atoms with van der Waals surface area (Å²) in [6.45, 7) is 1.35. The Hall–Kier alpha value is -4.47. The van der Waals surface area contributed by atoms with Gasteiger partial charge in [-0.15, -0.1) is 0 Å². The molecule has 0 radical (unpaired) electrons. The first-order valence-electron chi connectivity index (χ1n) is 13.1. The molecule has 3 amide bonds. The summed E-state index contributed by atoms with van der Waals surface area (Å²) in [5.74, 6) is -0.562. The maximum Gasteiger partial charge on any atom is 0.324 e. The monoisotopic (exact) mass is 549 g/mol. The van der Waals surface area contributed by atoms with Crippen LogP contribution < -0.4 is 19.7 Å². The minimum absolute atomic E-state index is 0.0922. The summed E-state index contributed by atoms with van der Waals surface area (Å²) in [6.07, 6.45) is -0.158. The Morgan fingerprint density at radius 2 is 1.52 bits per heavy atom.